The van der Waals surface area contributed by atoms with E-state index >= 15 is 0 Å². The summed E-state index contributed by atoms with van der Waals surface area (Å²) in [5.74, 6) is 0.727. The van der Waals surface area contributed by atoms with Crippen LogP contribution in [0, 0.1) is 0 Å². The number of nitrogens with zero attached hydrogens (tertiary/aromatic N) is 1. The summed E-state index contributed by atoms with van der Waals surface area (Å²) in [6, 6.07) is 8.01. The van der Waals surface area contributed by atoms with Crippen molar-refractivity contribution in [2.75, 3.05) is 13.2 Å². The summed E-state index contributed by atoms with van der Waals surface area (Å²) >= 11 is 0. The maximum Gasteiger partial charge on any atom is 0.199 e. The van der Waals surface area contributed by atoms with Crippen LogP contribution in [-0.4, -0.2) is 24.2 Å². The highest BCUT2D eigenvalue weighted by Gasteiger charge is 2.40. The Morgan fingerprint density at radius 1 is 1.38 bits per heavy atom. The Morgan fingerprint density at radius 2 is 2.12 bits per heavy atom. The molecule has 0 bridgehead atoms. The molecule has 0 saturated carbocycles. The zero-order valence-corrected chi connectivity index (χ0v) is 9.73. The molecule has 1 aromatic rings. The summed E-state index contributed by atoms with van der Waals surface area (Å²) in [4.78, 5) is 4.50. The van der Waals surface area contributed by atoms with E-state index < -0.39 is 0 Å². The van der Waals surface area contributed by atoms with Crippen LogP contribution in [0.15, 0.2) is 29.3 Å². The first kappa shape index (κ1) is 11.1. The van der Waals surface area contributed by atoms with Gasteiger partial charge in [-0.1, -0.05) is 18.2 Å². The first-order valence-corrected chi connectivity index (χ1v) is 5.64. The van der Waals surface area contributed by atoms with Gasteiger partial charge in [-0.25, -0.2) is 4.99 Å². The molecule has 1 aliphatic rings. The van der Waals surface area contributed by atoms with Gasteiger partial charge in [0.05, 0.1) is 17.7 Å². The lowest BCUT2D eigenvalue weighted by Crippen LogP contribution is -2.32. The zero-order chi connectivity index (χ0) is 11.6. The Balaban J connectivity index is 2.43. The minimum atomic E-state index is -0.276. The summed E-state index contributed by atoms with van der Waals surface area (Å²) in [6.07, 6.45) is 0.642. The number of benzene rings is 1. The predicted molar refractivity (Wildman–Crippen MR) is 64.2 cm³/mol. The molecule has 3 heteroatoms. The van der Waals surface area contributed by atoms with Gasteiger partial charge in [-0.05, 0) is 31.9 Å². The van der Waals surface area contributed by atoms with Crippen LogP contribution in [0.4, 0.5) is 5.69 Å². The van der Waals surface area contributed by atoms with Gasteiger partial charge in [-0.2, -0.15) is 0 Å². The van der Waals surface area contributed by atoms with Crippen molar-refractivity contribution in [3.63, 3.8) is 0 Å². The van der Waals surface area contributed by atoms with Crippen molar-refractivity contribution in [3.05, 3.63) is 29.8 Å². The van der Waals surface area contributed by atoms with Gasteiger partial charge in [-0.3, -0.25) is 0 Å². The maximum absolute atomic E-state index is 9.19. The highest BCUT2D eigenvalue weighted by Crippen LogP contribution is 2.42. The molecule has 0 aromatic heterocycles. The first-order valence-electron chi connectivity index (χ1n) is 5.64. The standard InChI is InChI=1S/C13H17NO2/c1-3-16-12-13(2,8-9-15)10-6-4-5-7-11(10)14-12/h4-7,15H,3,8-9H2,1-2H3/t13-/m0/s1. The number of para-hydroxylation sites is 1. The predicted octanol–water partition coefficient (Wildman–Crippen LogP) is 2.41. The van der Waals surface area contributed by atoms with Gasteiger partial charge in [0.1, 0.15) is 0 Å². The number of hydrogen-bond donors (Lipinski definition) is 1. The third-order valence-electron chi connectivity index (χ3n) is 3.09. The first-order chi connectivity index (χ1) is 7.72. The molecule has 0 saturated heterocycles. The Labute approximate surface area is 95.8 Å². The third-order valence-corrected chi connectivity index (χ3v) is 3.09. The minimum absolute atomic E-state index is 0.136. The van der Waals surface area contributed by atoms with Crippen LogP contribution in [0.2, 0.25) is 0 Å². The van der Waals surface area contributed by atoms with Crippen molar-refractivity contribution in [1.29, 1.82) is 0 Å². The minimum Gasteiger partial charge on any atom is -0.480 e. The van der Waals surface area contributed by atoms with E-state index in [2.05, 4.69) is 18.0 Å². The molecule has 16 heavy (non-hydrogen) atoms. The molecule has 0 unspecified atom stereocenters. The summed E-state index contributed by atoms with van der Waals surface area (Å²) in [6.45, 7) is 4.76. The van der Waals surface area contributed by atoms with E-state index in [9.17, 15) is 5.11 Å². The average Bonchev–Trinajstić information content (AvgIpc) is 2.55. The largest absolute Gasteiger partial charge is 0.480 e. The molecule has 3 nitrogen and oxygen atoms in total. The maximum atomic E-state index is 9.19. The van der Waals surface area contributed by atoms with E-state index in [-0.39, 0.29) is 12.0 Å². The van der Waals surface area contributed by atoms with E-state index in [0.29, 0.717) is 13.0 Å². The molecule has 2 rings (SSSR count). The van der Waals surface area contributed by atoms with E-state index in [1.165, 1.54) is 0 Å². The van der Waals surface area contributed by atoms with Crippen LogP contribution in [0.1, 0.15) is 25.8 Å². The van der Waals surface area contributed by atoms with Crippen molar-refractivity contribution < 1.29 is 9.84 Å². The van der Waals surface area contributed by atoms with Crippen LogP contribution in [0.3, 0.4) is 0 Å². The lowest BCUT2D eigenvalue weighted by Gasteiger charge is -2.25. The average molecular weight is 219 g/mol. The molecule has 0 spiro atoms. The molecular formula is C13H17NO2. The Hall–Kier alpha value is -1.35. The second-order valence-electron chi connectivity index (χ2n) is 4.17. The van der Waals surface area contributed by atoms with Gasteiger partial charge in [0.2, 0.25) is 0 Å². The number of aliphatic hydroxyl groups is 1. The second-order valence-corrected chi connectivity index (χ2v) is 4.17. The van der Waals surface area contributed by atoms with Crippen LogP contribution < -0.4 is 0 Å². The van der Waals surface area contributed by atoms with Crippen LogP contribution in [0.25, 0.3) is 0 Å². The summed E-state index contributed by atoms with van der Waals surface area (Å²) in [5, 5.41) is 9.19. The van der Waals surface area contributed by atoms with E-state index in [0.717, 1.165) is 17.1 Å². The molecular weight excluding hydrogens is 202 g/mol. The Bertz CT molecular complexity index is 414. The Morgan fingerprint density at radius 3 is 2.81 bits per heavy atom. The molecule has 0 fully saturated rings. The number of aliphatic hydroxyl groups excluding tert-OH is 1. The van der Waals surface area contributed by atoms with Crippen molar-refractivity contribution in [2.45, 2.75) is 25.7 Å². The highest BCUT2D eigenvalue weighted by molar-refractivity contribution is 5.96. The quantitative estimate of drug-likeness (QED) is 0.848. The molecule has 0 aliphatic carbocycles. The van der Waals surface area contributed by atoms with Crippen molar-refractivity contribution in [3.8, 4) is 0 Å². The van der Waals surface area contributed by atoms with E-state index in [1.54, 1.807) is 0 Å². The monoisotopic (exact) mass is 219 g/mol. The topological polar surface area (TPSA) is 41.8 Å². The molecule has 0 amide bonds. The highest BCUT2D eigenvalue weighted by atomic mass is 16.5. The number of aliphatic imine (C=N–C) groups is 1. The number of rotatable bonds is 3. The van der Waals surface area contributed by atoms with Crippen molar-refractivity contribution in [2.24, 2.45) is 4.99 Å². The fourth-order valence-electron chi connectivity index (χ4n) is 2.18. The normalized spacial score (nSPS) is 22.8. The van der Waals surface area contributed by atoms with Crippen LogP contribution in [-0.2, 0) is 10.2 Å². The zero-order valence-electron chi connectivity index (χ0n) is 9.73. The van der Waals surface area contributed by atoms with Crippen molar-refractivity contribution in [1.82, 2.24) is 0 Å². The molecule has 1 atom stereocenters. The number of fused-ring (bicyclic) bond motifs is 1. The molecule has 86 valence electrons. The lowest BCUT2D eigenvalue weighted by atomic mass is 9.80. The van der Waals surface area contributed by atoms with Gasteiger partial charge in [0, 0.05) is 6.61 Å². The van der Waals surface area contributed by atoms with E-state index in [4.69, 9.17) is 4.74 Å². The fourth-order valence-corrected chi connectivity index (χ4v) is 2.18. The molecule has 1 N–H and O–H groups in total. The SMILES string of the molecule is CCOC1=Nc2ccccc2[C@]1(C)CCO. The Kier molecular flexibility index (Phi) is 2.97. The molecule has 1 heterocycles. The van der Waals surface area contributed by atoms with Gasteiger partial charge in [0.15, 0.2) is 5.90 Å². The number of hydrogen-bond acceptors (Lipinski definition) is 3. The molecule has 1 aliphatic heterocycles. The lowest BCUT2D eigenvalue weighted by molar-refractivity contribution is 0.242. The molecule has 0 radical (unpaired) electrons. The molecule has 1 aromatic carbocycles. The van der Waals surface area contributed by atoms with Gasteiger partial charge in [0.25, 0.3) is 0 Å². The third kappa shape index (κ3) is 1.61. The van der Waals surface area contributed by atoms with Gasteiger partial charge < -0.3 is 9.84 Å². The van der Waals surface area contributed by atoms with Gasteiger partial charge in [-0.15, -0.1) is 0 Å². The second kappa shape index (κ2) is 4.26. The summed E-state index contributed by atoms with van der Waals surface area (Å²) in [7, 11) is 0. The van der Waals surface area contributed by atoms with Crippen LogP contribution >= 0.6 is 0 Å². The van der Waals surface area contributed by atoms with Crippen molar-refractivity contribution >= 4 is 11.6 Å². The fraction of sp³-hybridized carbons (Fsp3) is 0.462. The summed E-state index contributed by atoms with van der Waals surface area (Å²) < 4.78 is 5.59. The van der Waals surface area contributed by atoms with Crippen LogP contribution in [0.5, 0.6) is 0 Å². The van der Waals surface area contributed by atoms with Gasteiger partial charge >= 0.3 is 0 Å². The number of ether oxygens (including phenoxy) is 1. The summed E-state index contributed by atoms with van der Waals surface area (Å²) in [5.41, 5.74) is 1.83. The smallest absolute Gasteiger partial charge is 0.199 e. The van der Waals surface area contributed by atoms with E-state index in [1.807, 2.05) is 25.1 Å².